The van der Waals surface area contributed by atoms with E-state index in [-0.39, 0.29) is 29.6 Å². The Morgan fingerprint density at radius 3 is 2.30 bits per heavy atom. The first kappa shape index (κ1) is 11.1. The summed E-state index contributed by atoms with van der Waals surface area (Å²) < 4.78 is 0.455. The fraction of sp³-hybridized carbons (Fsp3) is 0.800. The molecule has 1 rings (SSSR count). The predicted octanol–water partition coefficient (Wildman–Crippen LogP) is -2.58. The Kier molecular flexibility index (Phi) is 6.29. The first-order valence-electron chi connectivity index (χ1n) is 3.01. The summed E-state index contributed by atoms with van der Waals surface area (Å²) in [6.07, 6.45) is 2.51. The van der Waals surface area contributed by atoms with Crippen molar-refractivity contribution in [3.05, 3.63) is 0 Å². The van der Waals surface area contributed by atoms with Gasteiger partial charge in [0.2, 0.25) is 0 Å². The molecule has 10 heavy (non-hydrogen) atoms. The molecule has 1 saturated heterocycles. The van der Waals surface area contributed by atoms with Crippen molar-refractivity contribution < 1.29 is 29.6 Å². The van der Waals surface area contributed by atoms with Gasteiger partial charge in [-0.15, -0.1) is 0 Å². The summed E-state index contributed by atoms with van der Waals surface area (Å²) in [5, 5.41) is 2.06. The van der Waals surface area contributed by atoms with Gasteiger partial charge in [0.05, 0.1) is 0 Å². The fourth-order valence-corrected chi connectivity index (χ4v) is 1.22. The van der Waals surface area contributed by atoms with Crippen molar-refractivity contribution in [2.75, 3.05) is 13.1 Å². The summed E-state index contributed by atoms with van der Waals surface area (Å²) in [5.41, 5.74) is 2.92. The number of thiocarbonyl (C=S) groups is 1. The van der Waals surface area contributed by atoms with E-state index in [1.807, 2.05) is 0 Å². The van der Waals surface area contributed by atoms with Crippen molar-refractivity contribution in [1.82, 2.24) is 10.4 Å². The van der Waals surface area contributed by atoms with Crippen LogP contribution in [0.4, 0.5) is 0 Å². The van der Waals surface area contributed by atoms with E-state index in [4.69, 9.17) is 24.8 Å². The Hall–Kier alpha value is 1.07. The van der Waals surface area contributed by atoms with Crippen molar-refractivity contribution in [2.45, 2.75) is 12.8 Å². The molecule has 1 N–H and O–H groups in total. The summed E-state index contributed by atoms with van der Waals surface area (Å²) in [6.45, 7) is 2.16. The molecule has 0 aliphatic carbocycles. The molecule has 0 aromatic heterocycles. The van der Waals surface area contributed by atoms with Crippen LogP contribution in [0.15, 0.2) is 0 Å². The Morgan fingerprint density at radius 2 is 1.90 bits per heavy atom. The van der Waals surface area contributed by atoms with Gasteiger partial charge in [0, 0.05) is 13.1 Å². The van der Waals surface area contributed by atoms with Crippen LogP contribution in [0.3, 0.4) is 0 Å². The molecule has 1 fully saturated rings. The van der Waals surface area contributed by atoms with E-state index in [9.17, 15) is 0 Å². The van der Waals surface area contributed by atoms with Crippen LogP contribution in [0.5, 0.6) is 0 Å². The third kappa shape index (κ3) is 4.05. The summed E-state index contributed by atoms with van der Waals surface area (Å²) in [6, 6.07) is 0. The molecule has 52 valence electrons. The standard InChI is InChI=1S/C5H10N2S2.Na/c8-5(9)6-7-3-1-2-4-7;/h1-4H2,(H2,6,8,9);/q;+1/p-1. The smallest absolute Gasteiger partial charge is 0.410 e. The van der Waals surface area contributed by atoms with Crippen LogP contribution in [0, 0.1) is 0 Å². The van der Waals surface area contributed by atoms with E-state index in [0.29, 0.717) is 4.32 Å². The Labute approximate surface area is 94.4 Å². The van der Waals surface area contributed by atoms with Gasteiger partial charge in [-0.1, -0.05) is 0 Å². The minimum absolute atomic E-state index is 0. The first-order valence-corrected chi connectivity index (χ1v) is 3.83. The molecule has 0 unspecified atom stereocenters. The molecule has 2 nitrogen and oxygen atoms in total. The van der Waals surface area contributed by atoms with Crippen molar-refractivity contribution >= 4 is 29.2 Å². The van der Waals surface area contributed by atoms with Crippen molar-refractivity contribution in [3.63, 3.8) is 0 Å². The molecule has 0 atom stereocenters. The monoisotopic (exact) mass is 184 g/mol. The second-order valence-corrected chi connectivity index (χ2v) is 3.17. The molecule has 0 aromatic rings. The van der Waals surface area contributed by atoms with Gasteiger partial charge in [-0.05, 0) is 17.2 Å². The second kappa shape index (κ2) is 5.69. The van der Waals surface area contributed by atoms with Gasteiger partial charge < -0.3 is 30.3 Å². The van der Waals surface area contributed by atoms with Gasteiger partial charge in [-0.25, -0.2) is 5.01 Å². The van der Waals surface area contributed by atoms with Crippen LogP contribution >= 0.6 is 12.2 Å². The second-order valence-electron chi connectivity index (χ2n) is 2.09. The van der Waals surface area contributed by atoms with Gasteiger partial charge in [0.15, 0.2) is 0 Å². The van der Waals surface area contributed by atoms with Gasteiger partial charge in [-0.3, -0.25) is 0 Å². The van der Waals surface area contributed by atoms with Crippen molar-refractivity contribution in [1.29, 1.82) is 0 Å². The maximum Gasteiger partial charge on any atom is 1.00 e. The van der Waals surface area contributed by atoms with E-state index in [0.717, 1.165) is 13.1 Å². The summed E-state index contributed by atoms with van der Waals surface area (Å²) in [5.74, 6) is 0. The Morgan fingerprint density at radius 1 is 1.40 bits per heavy atom. The number of nitrogens with zero attached hydrogens (tertiary/aromatic N) is 1. The van der Waals surface area contributed by atoms with Gasteiger partial charge in [0.1, 0.15) is 0 Å². The number of hydrazine groups is 1. The zero-order valence-corrected chi connectivity index (χ0v) is 9.73. The molecule has 0 saturated carbocycles. The topological polar surface area (TPSA) is 15.3 Å². The summed E-state index contributed by atoms with van der Waals surface area (Å²) in [7, 11) is 0. The van der Waals surface area contributed by atoms with E-state index in [1.165, 1.54) is 12.8 Å². The van der Waals surface area contributed by atoms with E-state index >= 15 is 0 Å². The van der Waals surface area contributed by atoms with E-state index in [2.05, 4.69) is 10.4 Å². The predicted molar refractivity (Wildman–Crippen MR) is 43.9 cm³/mol. The maximum absolute atomic E-state index is 4.69. The summed E-state index contributed by atoms with van der Waals surface area (Å²) in [4.78, 5) is 0. The number of nitrogens with one attached hydrogen (secondary N) is 1. The zero-order valence-electron chi connectivity index (χ0n) is 6.09. The first-order chi connectivity index (χ1) is 4.29. The number of rotatable bonds is 1. The van der Waals surface area contributed by atoms with Crippen molar-refractivity contribution in [3.8, 4) is 0 Å². The van der Waals surface area contributed by atoms with Gasteiger partial charge in [-0.2, -0.15) is 0 Å². The van der Waals surface area contributed by atoms with Crippen LogP contribution in [0.25, 0.3) is 0 Å². The van der Waals surface area contributed by atoms with Crippen molar-refractivity contribution in [2.24, 2.45) is 0 Å². The molecule has 0 radical (unpaired) electrons. The minimum atomic E-state index is 0. The van der Waals surface area contributed by atoms with Gasteiger partial charge >= 0.3 is 29.6 Å². The average Bonchev–Trinajstić information content (AvgIpc) is 2.15. The minimum Gasteiger partial charge on any atom is -0.410 e. The molecule has 1 aliphatic heterocycles. The molecular weight excluding hydrogens is 175 g/mol. The number of hydrogen-bond donors (Lipinski definition) is 1. The molecule has 5 heteroatoms. The average molecular weight is 184 g/mol. The van der Waals surface area contributed by atoms with E-state index in [1.54, 1.807) is 0 Å². The van der Waals surface area contributed by atoms with Crippen LogP contribution in [0.1, 0.15) is 12.8 Å². The normalized spacial score (nSPS) is 18.0. The molecule has 0 amide bonds. The SMILES string of the molecule is S=C([S-])NN1CCCC1.[Na+]. The number of hydrogen-bond acceptors (Lipinski definition) is 3. The molecule has 0 spiro atoms. The third-order valence-electron chi connectivity index (χ3n) is 1.36. The molecule has 1 aliphatic rings. The van der Waals surface area contributed by atoms with Gasteiger partial charge in [0.25, 0.3) is 0 Å². The Bertz CT molecular complexity index is 114. The molecule has 1 heterocycles. The molecule has 0 bridgehead atoms. The summed E-state index contributed by atoms with van der Waals surface area (Å²) >= 11 is 9.39. The maximum atomic E-state index is 4.69. The third-order valence-corrected chi connectivity index (χ3v) is 1.54. The molecular formula is C5H9N2NaS2. The zero-order chi connectivity index (χ0) is 6.69. The molecule has 0 aromatic carbocycles. The largest absolute Gasteiger partial charge is 1.00 e. The Balaban J connectivity index is 0.000000810. The van der Waals surface area contributed by atoms with Crippen LogP contribution in [0.2, 0.25) is 0 Å². The van der Waals surface area contributed by atoms with Crippen LogP contribution in [-0.4, -0.2) is 22.4 Å². The van der Waals surface area contributed by atoms with Crippen LogP contribution in [-0.2, 0) is 12.6 Å². The fourth-order valence-electron chi connectivity index (χ4n) is 0.958. The quantitative estimate of drug-likeness (QED) is 0.273. The van der Waals surface area contributed by atoms with E-state index < -0.39 is 0 Å². The van der Waals surface area contributed by atoms with Crippen LogP contribution < -0.4 is 35.0 Å².